The van der Waals surface area contributed by atoms with Crippen LogP contribution in [0.2, 0.25) is 0 Å². The second-order valence-corrected chi connectivity index (χ2v) is 5.39. The van der Waals surface area contributed by atoms with E-state index in [9.17, 15) is 0 Å². The maximum atomic E-state index is 6.08. The summed E-state index contributed by atoms with van der Waals surface area (Å²) in [4.78, 5) is 0. The van der Waals surface area contributed by atoms with Crippen LogP contribution in [-0.2, 0) is 10.3 Å². The Morgan fingerprint density at radius 2 is 2.15 bits per heavy atom. The number of hydrogen-bond acceptors (Lipinski definition) is 4. The maximum absolute atomic E-state index is 6.08. The van der Waals surface area contributed by atoms with Gasteiger partial charge in [0.15, 0.2) is 0 Å². The Balaban J connectivity index is 2.28. The molecule has 4 nitrogen and oxygen atoms in total. The Kier molecular flexibility index (Phi) is 4.89. The van der Waals surface area contributed by atoms with E-state index >= 15 is 0 Å². The van der Waals surface area contributed by atoms with E-state index in [2.05, 4.69) is 19.2 Å². The highest BCUT2D eigenvalue weighted by atomic mass is 16.5. The van der Waals surface area contributed by atoms with Crippen molar-refractivity contribution in [2.24, 2.45) is 0 Å². The molecule has 0 spiro atoms. The normalized spacial score (nSPS) is 26.3. The summed E-state index contributed by atoms with van der Waals surface area (Å²) in [6.45, 7) is 6.03. The molecule has 0 aliphatic carbocycles. The van der Waals surface area contributed by atoms with Crippen molar-refractivity contribution in [1.82, 2.24) is 5.32 Å². The highest BCUT2D eigenvalue weighted by Gasteiger charge is 2.36. The van der Waals surface area contributed by atoms with Crippen molar-refractivity contribution in [1.29, 1.82) is 0 Å². The average molecular weight is 279 g/mol. The van der Waals surface area contributed by atoms with Gasteiger partial charge in [0.05, 0.1) is 19.8 Å². The topological polar surface area (TPSA) is 39.7 Å². The van der Waals surface area contributed by atoms with E-state index in [0.717, 1.165) is 43.1 Å². The molecule has 2 rings (SSSR count). The Labute approximate surface area is 121 Å². The largest absolute Gasteiger partial charge is 0.497 e. The molecule has 0 amide bonds. The molecule has 0 bridgehead atoms. The van der Waals surface area contributed by atoms with E-state index in [1.54, 1.807) is 14.2 Å². The zero-order valence-electron chi connectivity index (χ0n) is 12.9. The van der Waals surface area contributed by atoms with Gasteiger partial charge in [-0.1, -0.05) is 6.92 Å². The van der Waals surface area contributed by atoms with Crippen molar-refractivity contribution in [3.05, 3.63) is 23.8 Å². The summed E-state index contributed by atoms with van der Waals surface area (Å²) in [5.41, 5.74) is 0.770. The summed E-state index contributed by atoms with van der Waals surface area (Å²) in [6, 6.07) is 6.42. The maximum Gasteiger partial charge on any atom is 0.128 e. The van der Waals surface area contributed by atoms with Gasteiger partial charge in [0.2, 0.25) is 0 Å². The third kappa shape index (κ3) is 3.07. The Morgan fingerprint density at radius 1 is 1.35 bits per heavy atom. The molecule has 1 aliphatic rings. The van der Waals surface area contributed by atoms with Gasteiger partial charge in [-0.05, 0) is 38.4 Å². The fourth-order valence-electron chi connectivity index (χ4n) is 2.94. The zero-order chi connectivity index (χ0) is 14.6. The number of rotatable bonds is 5. The van der Waals surface area contributed by atoms with Crippen LogP contribution in [0.5, 0.6) is 11.5 Å². The van der Waals surface area contributed by atoms with Crippen LogP contribution in [0.1, 0.15) is 32.3 Å². The Morgan fingerprint density at radius 3 is 2.80 bits per heavy atom. The summed E-state index contributed by atoms with van der Waals surface area (Å²) in [5.74, 6) is 1.62. The monoisotopic (exact) mass is 279 g/mol. The third-order valence-corrected chi connectivity index (χ3v) is 3.99. The average Bonchev–Trinajstić information content (AvgIpc) is 2.47. The molecule has 1 aliphatic heterocycles. The highest BCUT2D eigenvalue weighted by Crippen LogP contribution is 2.40. The molecule has 2 unspecified atom stereocenters. The zero-order valence-corrected chi connectivity index (χ0v) is 12.9. The SMILES string of the molecule is CCNC1CCOC(C)(c2ccc(OC)cc2OC)C1. The molecule has 112 valence electrons. The summed E-state index contributed by atoms with van der Waals surface area (Å²) in [6.07, 6.45) is 2.01. The third-order valence-electron chi connectivity index (χ3n) is 3.99. The molecule has 1 aromatic carbocycles. The van der Waals surface area contributed by atoms with Gasteiger partial charge in [-0.15, -0.1) is 0 Å². The lowest BCUT2D eigenvalue weighted by atomic mass is 9.85. The van der Waals surface area contributed by atoms with E-state index < -0.39 is 0 Å². The van der Waals surface area contributed by atoms with Crippen LogP contribution in [0, 0.1) is 0 Å². The number of ether oxygens (including phenoxy) is 3. The second-order valence-electron chi connectivity index (χ2n) is 5.39. The van der Waals surface area contributed by atoms with E-state index in [0.29, 0.717) is 6.04 Å². The first-order chi connectivity index (χ1) is 9.62. The molecule has 1 fully saturated rings. The van der Waals surface area contributed by atoms with Gasteiger partial charge in [-0.25, -0.2) is 0 Å². The quantitative estimate of drug-likeness (QED) is 0.899. The van der Waals surface area contributed by atoms with Crippen LogP contribution in [0.3, 0.4) is 0 Å². The van der Waals surface area contributed by atoms with Crippen molar-refractivity contribution in [3.8, 4) is 11.5 Å². The molecule has 4 heteroatoms. The van der Waals surface area contributed by atoms with Crippen molar-refractivity contribution in [2.45, 2.75) is 38.3 Å². The highest BCUT2D eigenvalue weighted by molar-refractivity contribution is 5.44. The lowest BCUT2D eigenvalue weighted by molar-refractivity contribution is -0.0821. The minimum atomic E-state index is -0.317. The Hall–Kier alpha value is -1.26. The predicted molar refractivity (Wildman–Crippen MR) is 79.5 cm³/mol. The lowest BCUT2D eigenvalue weighted by Gasteiger charge is -2.39. The van der Waals surface area contributed by atoms with Crippen LogP contribution in [0.25, 0.3) is 0 Å². The smallest absolute Gasteiger partial charge is 0.128 e. The standard InChI is InChI=1S/C16H25NO3/c1-5-17-12-8-9-20-16(2,11-12)14-7-6-13(18-3)10-15(14)19-4/h6-7,10,12,17H,5,8-9,11H2,1-4H3. The van der Waals surface area contributed by atoms with Crippen LogP contribution < -0.4 is 14.8 Å². The first-order valence-electron chi connectivity index (χ1n) is 7.22. The molecule has 0 saturated carbocycles. The van der Waals surface area contributed by atoms with Crippen molar-refractivity contribution >= 4 is 0 Å². The minimum Gasteiger partial charge on any atom is -0.497 e. The summed E-state index contributed by atoms with van der Waals surface area (Å²) in [7, 11) is 3.35. The molecule has 1 aromatic rings. The van der Waals surface area contributed by atoms with Crippen LogP contribution in [-0.4, -0.2) is 33.4 Å². The van der Waals surface area contributed by atoms with Crippen LogP contribution >= 0.6 is 0 Å². The molecular formula is C16H25NO3. The first-order valence-corrected chi connectivity index (χ1v) is 7.22. The van der Waals surface area contributed by atoms with Gasteiger partial charge in [-0.2, -0.15) is 0 Å². The van der Waals surface area contributed by atoms with Crippen molar-refractivity contribution in [2.75, 3.05) is 27.4 Å². The number of hydrogen-bond donors (Lipinski definition) is 1. The lowest BCUT2D eigenvalue weighted by Crippen LogP contribution is -2.43. The molecule has 1 saturated heterocycles. The molecule has 1 heterocycles. The first kappa shape index (κ1) is 15.1. The van der Waals surface area contributed by atoms with E-state index in [1.165, 1.54) is 0 Å². The summed E-state index contributed by atoms with van der Waals surface area (Å²) in [5, 5.41) is 3.52. The predicted octanol–water partition coefficient (Wildman–Crippen LogP) is 2.71. The van der Waals surface area contributed by atoms with E-state index in [-0.39, 0.29) is 5.60 Å². The number of benzene rings is 1. The molecule has 0 radical (unpaired) electrons. The molecule has 20 heavy (non-hydrogen) atoms. The molecule has 2 atom stereocenters. The summed E-state index contributed by atoms with van der Waals surface area (Å²) < 4.78 is 16.9. The van der Waals surface area contributed by atoms with Gasteiger partial charge in [0.1, 0.15) is 11.5 Å². The summed E-state index contributed by atoms with van der Waals surface area (Å²) >= 11 is 0. The number of nitrogens with one attached hydrogen (secondary N) is 1. The fourth-order valence-corrected chi connectivity index (χ4v) is 2.94. The van der Waals surface area contributed by atoms with E-state index in [1.807, 2.05) is 18.2 Å². The molecular weight excluding hydrogens is 254 g/mol. The van der Waals surface area contributed by atoms with Gasteiger partial charge in [0, 0.05) is 24.3 Å². The van der Waals surface area contributed by atoms with Gasteiger partial charge in [0.25, 0.3) is 0 Å². The van der Waals surface area contributed by atoms with E-state index in [4.69, 9.17) is 14.2 Å². The van der Waals surface area contributed by atoms with Crippen LogP contribution in [0.15, 0.2) is 18.2 Å². The second kappa shape index (κ2) is 6.46. The number of methoxy groups -OCH3 is 2. The fraction of sp³-hybridized carbons (Fsp3) is 0.625. The van der Waals surface area contributed by atoms with Crippen LogP contribution in [0.4, 0.5) is 0 Å². The molecule has 1 N–H and O–H groups in total. The van der Waals surface area contributed by atoms with Gasteiger partial charge >= 0.3 is 0 Å². The Bertz CT molecular complexity index is 447. The van der Waals surface area contributed by atoms with Crippen molar-refractivity contribution < 1.29 is 14.2 Å². The van der Waals surface area contributed by atoms with Crippen molar-refractivity contribution in [3.63, 3.8) is 0 Å². The van der Waals surface area contributed by atoms with Gasteiger partial charge in [-0.3, -0.25) is 0 Å². The minimum absolute atomic E-state index is 0.317. The molecule has 0 aromatic heterocycles. The van der Waals surface area contributed by atoms with Gasteiger partial charge < -0.3 is 19.5 Å².